The van der Waals surface area contributed by atoms with Gasteiger partial charge in [0.25, 0.3) is 0 Å². The summed E-state index contributed by atoms with van der Waals surface area (Å²) in [4.78, 5) is 0. The molecule has 0 bridgehead atoms. The first-order valence-electron chi connectivity index (χ1n) is 10.6. The van der Waals surface area contributed by atoms with Crippen molar-refractivity contribution in [3.63, 3.8) is 0 Å². The van der Waals surface area contributed by atoms with Crippen molar-refractivity contribution in [2.45, 2.75) is 33.1 Å². The third-order valence-electron chi connectivity index (χ3n) is 5.48. The lowest BCUT2D eigenvalue weighted by Gasteiger charge is -2.06. The second-order valence-electron chi connectivity index (χ2n) is 7.60. The van der Waals surface area contributed by atoms with Crippen LogP contribution in [0.2, 0.25) is 0 Å². The maximum atomic E-state index is 14.6. The van der Waals surface area contributed by atoms with Gasteiger partial charge in [-0.25, -0.2) is 4.39 Å². The predicted molar refractivity (Wildman–Crippen MR) is 125 cm³/mol. The molecule has 1 heteroatoms. The molecule has 0 atom stereocenters. The molecule has 0 nitrogen and oxygen atoms in total. The Morgan fingerprint density at radius 1 is 0.700 bits per heavy atom. The fraction of sp³-hybridized carbons (Fsp3) is 0.172. The maximum absolute atomic E-state index is 14.6. The molecule has 0 N–H and O–H groups in total. The zero-order valence-electron chi connectivity index (χ0n) is 17.5. The number of aryl methyl sites for hydroxylation is 2. The van der Waals surface area contributed by atoms with Crippen molar-refractivity contribution in [1.29, 1.82) is 0 Å². The van der Waals surface area contributed by atoms with E-state index in [1.165, 1.54) is 16.7 Å². The highest BCUT2D eigenvalue weighted by Crippen LogP contribution is 2.24. The lowest BCUT2D eigenvalue weighted by atomic mass is 10.0. The van der Waals surface area contributed by atoms with Gasteiger partial charge >= 0.3 is 0 Å². The Balaban J connectivity index is 1.55. The van der Waals surface area contributed by atoms with Crippen molar-refractivity contribution >= 4 is 10.8 Å². The van der Waals surface area contributed by atoms with E-state index in [1.54, 1.807) is 0 Å². The van der Waals surface area contributed by atoms with Crippen LogP contribution < -0.4 is 0 Å². The number of rotatable bonds is 4. The third kappa shape index (κ3) is 4.29. The molecule has 0 fully saturated rings. The molecule has 148 valence electrons. The highest BCUT2D eigenvalue weighted by Gasteiger charge is 2.07. The molecule has 4 rings (SSSR count). The molecule has 0 saturated heterocycles. The van der Waals surface area contributed by atoms with E-state index in [0.717, 1.165) is 41.3 Å². The Kier molecular flexibility index (Phi) is 5.96. The minimum atomic E-state index is -0.101. The van der Waals surface area contributed by atoms with Crippen LogP contribution in [0.5, 0.6) is 0 Å². The summed E-state index contributed by atoms with van der Waals surface area (Å²) in [5, 5.41) is 1.56. The van der Waals surface area contributed by atoms with Crippen LogP contribution in [0.3, 0.4) is 0 Å². The first kappa shape index (κ1) is 19.9. The van der Waals surface area contributed by atoms with Gasteiger partial charge in [0, 0.05) is 16.5 Å². The summed E-state index contributed by atoms with van der Waals surface area (Å²) in [6, 6.07) is 26.6. The van der Waals surface area contributed by atoms with Gasteiger partial charge in [0.2, 0.25) is 0 Å². The van der Waals surface area contributed by atoms with Gasteiger partial charge in [0.05, 0.1) is 0 Å². The molecule has 0 aliphatic carbocycles. The van der Waals surface area contributed by atoms with E-state index in [2.05, 4.69) is 62.1 Å². The molecule has 4 aromatic rings. The van der Waals surface area contributed by atoms with Gasteiger partial charge in [0.15, 0.2) is 0 Å². The van der Waals surface area contributed by atoms with Gasteiger partial charge in [-0.1, -0.05) is 86.7 Å². The van der Waals surface area contributed by atoms with Crippen molar-refractivity contribution in [2.75, 3.05) is 0 Å². The first-order valence-corrected chi connectivity index (χ1v) is 10.6. The molecule has 0 amide bonds. The van der Waals surface area contributed by atoms with E-state index in [9.17, 15) is 4.39 Å². The fourth-order valence-electron chi connectivity index (χ4n) is 3.70. The van der Waals surface area contributed by atoms with Crippen molar-refractivity contribution in [3.05, 3.63) is 107 Å². The molecule has 0 radical (unpaired) electrons. The molecular weight excluding hydrogens is 367 g/mol. The van der Waals surface area contributed by atoms with Crippen LogP contribution in [-0.2, 0) is 12.8 Å². The van der Waals surface area contributed by atoms with Crippen LogP contribution >= 0.6 is 0 Å². The summed E-state index contributed by atoms with van der Waals surface area (Å²) in [5.41, 5.74) is 6.39. The topological polar surface area (TPSA) is 0 Å². The highest BCUT2D eigenvalue weighted by molar-refractivity contribution is 5.85. The van der Waals surface area contributed by atoms with Crippen molar-refractivity contribution in [3.8, 4) is 23.0 Å². The van der Waals surface area contributed by atoms with E-state index in [0.29, 0.717) is 5.39 Å². The summed E-state index contributed by atoms with van der Waals surface area (Å²) in [7, 11) is 0. The quantitative estimate of drug-likeness (QED) is 0.314. The Hall–Kier alpha value is -3.37. The average Bonchev–Trinajstić information content (AvgIpc) is 2.80. The van der Waals surface area contributed by atoms with Gasteiger partial charge < -0.3 is 0 Å². The van der Waals surface area contributed by atoms with Crippen LogP contribution in [0, 0.1) is 17.7 Å². The summed E-state index contributed by atoms with van der Waals surface area (Å²) in [6.07, 6.45) is 2.76. The first-order chi connectivity index (χ1) is 14.7. The third-order valence-corrected chi connectivity index (χ3v) is 5.48. The maximum Gasteiger partial charge on any atom is 0.134 e. The van der Waals surface area contributed by atoms with E-state index >= 15 is 0 Å². The van der Waals surface area contributed by atoms with Crippen LogP contribution in [0.25, 0.3) is 21.9 Å². The van der Waals surface area contributed by atoms with Crippen molar-refractivity contribution in [1.82, 2.24) is 0 Å². The van der Waals surface area contributed by atoms with Crippen LogP contribution in [-0.4, -0.2) is 0 Å². The zero-order valence-corrected chi connectivity index (χ0v) is 17.5. The molecule has 0 aromatic heterocycles. The Bertz CT molecular complexity index is 1220. The second-order valence-corrected chi connectivity index (χ2v) is 7.60. The molecule has 0 aliphatic heterocycles. The lowest BCUT2D eigenvalue weighted by molar-refractivity contribution is 0.619. The minimum Gasteiger partial charge on any atom is -0.206 e. The van der Waals surface area contributed by atoms with E-state index in [4.69, 9.17) is 0 Å². The Morgan fingerprint density at radius 3 is 2.00 bits per heavy atom. The Labute approximate surface area is 178 Å². The van der Waals surface area contributed by atoms with Crippen LogP contribution in [0.1, 0.15) is 42.5 Å². The normalized spacial score (nSPS) is 10.6. The van der Waals surface area contributed by atoms with E-state index in [1.807, 2.05) is 42.5 Å². The van der Waals surface area contributed by atoms with Crippen molar-refractivity contribution < 1.29 is 4.39 Å². The fourth-order valence-corrected chi connectivity index (χ4v) is 3.70. The molecule has 0 saturated carbocycles. The standard InChI is InChI=1S/C29H25F/c1-3-5-26-17-18-27-20-23(12-19-28(27)29(26)30)7-6-22-10-15-25(16-11-22)24-13-8-21(4-2)9-14-24/h8-20H,3-5H2,1-2H3. The minimum absolute atomic E-state index is 0.101. The smallest absolute Gasteiger partial charge is 0.134 e. The van der Waals surface area contributed by atoms with Crippen LogP contribution in [0.4, 0.5) is 4.39 Å². The monoisotopic (exact) mass is 392 g/mol. The second kappa shape index (κ2) is 8.97. The van der Waals surface area contributed by atoms with Gasteiger partial charge in [-0.15, -0.1) is 0 Å². The SMILES string of the molecule is CCCc1ccc2cc(C#Cc3ccc(-c4ccc(CC)cc4)cc3)ccc2c1F. The molecular formula is C29H25F. The number of hydrogen-bond donors (Lipinski definition) is 0. The number of benzene rings is 4. The molecule has 0 heterocycles. The summed E-state index contributed by atoms with van der Waals surface area (Å²) in [6.45, 7) is 4.23. The Morgan fingerprint density at radius 2 is 1.33 bits per heavy atom. The highest BCUT2D eigenvalue weighted by atomic mass is 19.1. The molecule has 0 aliphatic rings. The molecule has 0 spiro atoms. The summed E-state index contributed by atoms with van der Waals surface area (Å²) in [5.74, 6) is 6.34. The largest absolute Gasteiger partial charge is 0.206 e. The van der Waals surface area contributed by atoms with Gasteiger partial charge in [-0.2, -0.15) is 0 Å². The predicted octanol–water partition coefficient (Wildman–Crippen LogP) is 7.56. The summed E-state index contributed by atoms with van der Waals surface area (Å²) >= 11 is 0. The summed E-state index contributed by atoms with van der Waals surface area (Å²) < 4.78 is 14.6. The van der Waals surface area contributed by atoms with Gasteiger partial charge in [-0.3, -0.25) is 0 Å². The van der Waals surface area contributed by atoms with Crippen LogP contribution in [0.15, 0.2) is 78.9 Å². The number of halogens is 1. The average molecular weight is 393 g/mol. The van der Waals surface area contributed by atoms with Gasteiger partial charge in [0.1, 0.15) is 5.82 Å². The van der Waals surface area contributed by atoms with E-state index < -0.39 is 0 Å². The number of fused-ring (bicyclic) bond motifs is 1. The lowest BCUT2D eigenvalue weighted by Crippen LogP contribution is -1.91. The molecule has 4 aromatic carbocycles. The zero-order chi connectivity index (χ0) is 20.9. The van der Waals surface area contributed by atoms with Crippen molar-refractivity contribution in [2.24, 2.45) is 0 Å². The number of hydrogen-bond acceptors (Lipinski definition) is 0. The van der Waals surface area contributed by atoms with Gasteiger partial charge in [-0.05, 0) is 64.7 Å². The molecule has 0 unspecified atom stereocenters. The molecule has 30 heavy (non-hydrogen) atoms. The van der Waals surface area contributed by atoms with E-state index in [-0.39, 0.29) is 5.82 Å².